The molecule has 0 saturated carbocycles. The van der Waals surface area contributed by atoms with Crippen molar-refractivity contribution < 1.29 is 9.72 Å². The number of halogens is 1. The molecule has 1 aromatic heterocycles. The summed E-state index contributed by atoms with van der Waals surface area (Å²) in [5, 5.41) is 18.1. The van der Waals surface area contributed by atoms with Gasteiger partial charge in [0.25, 0.3) is 11.6 Å². The lowest BCUT2D eigenvalue weighted by atomic mass is 10.1. The highest BCUT2D eigenvalue weighted by atomic mass is 35.5. The second kappa shape index (κ2) is 6.36. The largest absolute Gasteiger partial charge is 0.350 e. The maximum Gasteiger partial charge on any atom is 0.273 e. The SMILES string of the molecule is Cc1c(C(=O)NCCn2cc(Cl)cn2)cccc1[N+](=O)[O-]. The highest BCUT2D eigenvalue weighted by Gasteiger charge is 2.17. The maximum absolute atomic E-state index is 12.0. The number of hydrogen-bond donors (Lipinski definition) is 1. The average molecular weight is 309 g/mol. The number of hydrogen-bond acceptors (Lipinski definition) is 4. The van der Waals surface area contributed by atoms with Crippen molar-refractivity contribution in [1.29, 1.82) is 0 Å². The van der Waals surface area contributed by atoms with E-state index in [-0.39, 0.29) is 11.6 Å². The van der Waals surface area contributed by atoms with E-state index in [9.17, 15) is 14.9 Å². The number of nitro benzene ring substituents is 1. The lowest BCUT2D eigenvalue weighted by Crippen LogP contribution is -2.28. The third kappa shape index (κ3) is 3.57. The van der Waals surface area contributed by atoms with Gasteiger partial charge < -0.3 is 5.32 Å². The van der Waals surface area contributed by atoms with Crippen LogP contribution in [0.15, 0.2) is 30.6 Å². The number of rotatable bonds is 5. The third-order valence-corrected chi connectivity index (χ3v) is 3.17. The van der Waals surface area contributed by atoms with Crippen LogP contribution >= 0.6 is 11.6 Å². The molecular formula is C13H13ClN4O3. The van der Waals surface area contributed by atoms with E-state index in [1.807, 2.05) is 0 Å². The van der Waals surface area contributed by atoms with Gasteiger partial charge in [0.1, 0.15) is 0 Å². The number of carbonyl (C=O) groups excluding carboxylic acids is 1. The van der Waals surface area contributed by atoms with E-state index in [1.54, 1.807) is 23.9 Å². The molecule has 2 rings (SSSR count). The fraction of sp³-hybridized carbons (Fsp3) is 0.231. The van der Waals surface area contributed by atoms with E-state index in [2.05, 4.69) is 10.4 Å². The number of nitro groups is 1. The van der Waals surface area contributed by atoms with Gasteiger partial charge in [0.15, 0.2) is 0 Å². The van der Waals surface area contributed by atoms with Crippen LogP contribution in [0.4, 0.5) is 5.69 Å². The van der Waals surface area contributed by atoms with Gasteiger partial charge in [-0.1, -0.05) is 17.7 Å². The lowest BCUT2D eigenvalue weighted by molar-refractivity contribution is -0.385. The van der Waals surface area contributed by atoms with Crippen molar-refractivity contribution in [3.05, 3.63) is 56.9 Å². The highest BCUT2D eigenvalue weighted by molar-refractivity contribution is 6.30. The predicted molar refractivity (Wildman–Crippen MR) is 77.4 cm³/mol. The Morgan fingerprint density at radius 2 is 2.29 bits per heavy atom. The van der Waals surface area contributed by atoms with E-state index < -0.39 is 4.92 Å². The zero-order chi connectivity index (χ0) is 15.4. The van der Waals surface area contributed by atoms with Crippen LogP contribution in [0, 0.1) is 17.0 Å². The summed E-state index contributed by atoms with van der Waals surface area (Å²) in [6, 6.07) is 4.42. The number of carbonyl (C=O) groups is 1. The summed E-state index contributed by atoms with van der Waals surface area (Å²) in [5.74, 6) is -0.352. The van der Waals surface area contributed by atoms with Crippen molar-refractivity contribution >= 4 is 23.2 Å². The summed E-state index contributed by atoms with van der Waals surface area (Å²) in [5.41, 5.74) is 0.575. The molecule has 0 spiro atoms. The number of benzene rings is 1. The first-order chi connectivity index (χ1) is 9.99. The van der Waals surface area contributed by atoms with Crippen molar-refractivity contribution in [3.8, 4) is 0 Å². The topological polar surface area (TPSA) is 90.1 Å². The van der Waals surface area contributed by atoms with E-state index in [0.717, 1.165) is 0 Å². The van der Waals surface area contributed by atoms with Gasteiger partial charge in [0.2, 0.25) is 0 Å². The molecule has 0 aliphatic heterocycles. The zero-order valence-electron chi connectivity index (χ0n) is 11.2. The number of nitrogens with one attached hydrogen (secondary N) is 1. The quantitative estimate of drug-likeness (QED) is 0.677. The summed E-state index contributed by atoms with van der Waals surface area (Å²) in [6.07, 6.45) is 3.15. The molecule has 1 aromatic carbocycles. The van der Waals surface area contributed by atoms with Crippen LogP contribution in [0.5, 0.6) is 0 Å². The minimum absolute atomic E-state index is 0.0680. The van der Waals surface area contributed by atoms with Crippen LogP contribution in [0.2, 0.25) is 5.02 Å². The van der Waals surface area contributed by atoms with Crippen LogP contribution < -0.4 is 5.32 Å². The van der Waals surface area contributed by atoms with E-state index >= 15 is 0 Å². The Balaban J connectivity index is 2.00. The molecule has 21 heavy (non-hydrogen) atoms. The predicted octanol–water partition coefficient (Wildman–Crippen LogP) is 2.18. The normalized spacial score (nSPS) is 10.4. The van der Waals surface area contributed by atoms with Crippen molar-refractivity contribution in [2.75, 3.05) is 6.54 Å². The van der Waals surface area contributed by atoms with E-state index in [4.69, 9.17) is 11.6 Å². The molecule has 110 valence electrons. The monoisotopic (exact) mass is 308 g/mol. The van der Waals surface area contributed by atoms with Crippen LogP contribution in [0.1, 0.15) is 15.9 Å². The summed E-state index contributed by atoms with van der Waals surface area (Å²) >= 11 is 5.73. The standard InChI is InChI=1S/C13H13ClN4O3/c1-9-11(3-2-4-12(9)18(20)21)13(19)15-5-6-17-8-10(14)7-16-17/h2-4,7-8H,5-6H2,1H3,(H,15,19). The minimum atomic E-state index is -0.502. The molecule has 0 aliphatic rings. The Morgan fingerprint density at radius 3 is 2.90 bits per heavy atom. The van der Waals surface area contributed by atoms with Gasteiger partial charge in [-0.15, -0.1) is 0 Å². The molecule has 1 amide bonds. The maximum atomic E-state index is 12.0. The molecule has 0 fully saturated rings. The molecule has 7 nitrogen and oxygen atoms in total. The molecule has 0 atom stereocenters. The molecule has 0 radical (unpaired) electrons. The highest BCUT2D eigenvalue weighted by Crippen LogP contribution is 2.20. The summed E-state index contributed by atoms with van der Waals surface area (Å²) < 4.78 is 1.60. The molecule has 1 heterocycles. The van der Waals surface area contributed by atoms with Crippen molar-refractivity contribution in [3.63, 3.8) is 0 Å². The zero-order valence-corrected chi connectivity index (χ0v) is 12.0. The summed E-state index contributed by atoms with van der Waals surface area (Å²) in [7, 11) is 0. The Morgan fingerprint density at radius 1 is 1.52 bits per heavy atom. The lowest BCUT2D eigenvalue weighted by Gasteiger charge is -2.08. The molecule has 0 bridgehead atoms. The fourth-order valence-corrected chi connectivity index (χ4v) is 2.06. The third-order valence-electron chi connectivity index (χ3n) is 2.97. The van der Waals surface area contributed by atoms with Gasteiger partial charge >= 0.3 is 0 Å². The van der Waals surface area contributed by atoms with Gasteiger partial charge in [-0.2, -0.15) is 5.10 Å². The molecule has 1 N–H and O–H groups in total. The van der Waals surface area contributed by atoms with Crippen LogP contribution in [-0.2, 0) is 6.54 Å². The van der Waals surface area contributed by atoms with Gasteiger partial charge in [0, 0.05) is 29.9 Å². The molecule has 0 unspecified atom stereocenters. The molecular weight excluding hydrogens is 296 g/mol. The van der Waals surface area contributed by atoms with Crippen LogP contribution in [0.3, 0.4) is 0 Å². The Labute approximate surface area is 125 Å². The molecule has 0 saturated heterocycles. The number of nitrogens with zero attached hydrogens (tertiary/aromatic N) is 3. The first-order valence-corrected chi connectivity index (χ1v) is 6.57. The van der Waals surface area contributed by atoms with Crippen LogP contribution in [-0.4, -0.2) is 27.2 Å². The van der Waals surface area contributed by atoms with Crippen LogP contribution in [0.25, 0.3) is 0 Å². The van der Waals surface area contributed by atoms with E-state index in [0.29, 0.717) is 29.2 Å². The first-order valence-electron chi connectivity index (χ1n) is 6.19. The molecule has 2 aromatic rings. The van der Waals surface area contributed by atoms with E-state index in [1.165, 1.54) is 18.3 Å². The smallest absolute Gasteiger partial charge is 0.273 e. The van der Waals surface area contributed by atoms with Crippen molar-refractivity contribution in [2.45, 2.75) is 13.5 Å². The van der Waals surface area contributed by atoms with Gasteiger partial charge in [-0.25, -0.2) is 0 Å². The molecule has 0 aliphatic carbocycles. The average Bonchev–Trinajstić information content (AvgIpc) is 2.84. The van der Waals surface area contributed by atoms with Crippen molar-refractivity contribution in [1.82, 2.24) is 15.1 Å². The Kier molecular flexibility index (Phi) is 4.54. The summed E-state index contributed by atoms with van der Waals surface area (Å²) in [4.78, 5) is 22.4. The Bertz CT molecular complexity index is 684. The van der Waals surface area contributed by atoms with Gasteiger partial charge in [0.05, 0.1) is 22.7 Å². The van der Waals surface area contributed by atoms with Gasteiger partial charge in [-0.05, 0) is 13.0 Å². The minimum Gasteiger partial charge on any atom is -0.350 e. The first kappa shape index (κ1) is 15.0. The fourth-order valence-electron chi connectivity index (χ4n) is 1.91. The van der Waals surface area contributed by atoms with Gasteiger partial charge in [-0.3, -0.25) is 19.6 Å². The van der Waals surface area contributed by atoms with Crippen molar-refractivity contribution in [2.24, 2.45) is 0 Å². The second-order valence-corrected chi connectivity index (χ2v) is 4.82. The Hall–Kier alpha value is -2.41. The second-order valence-electron chi connectivity index (χ2n) is 4.38. The number of aromatic nitrogens is 2. The number of amides is 1. The summed E-state index contributed by atoms with van der Waals surface area (Å²) in [6.45, 7) is 2.37. The molecule has 8 heteroatoms.